The summed E-state index contributed by atoms with van der Waals surface area (Å²) in [5, 5.41) is 6.25. The lowest BCUT2D eigenvalue weighted by Gasteiger charge is -2.10. The predicted molar refractivity (Wildman–Crippen MR) is 68.4 cm³/mol. The Kier molecular flexibility index (Phi) is 4.03. The third-order valence-electron chi connectivity index (χ3n) is 2.37. The summed E-state index contributed by atoms with van der Waals surface area (Å²) in [5.41, 5.74) is 6.55. The van der Waals surface area contributed by atoms with Crippen molar-refractivity contribution < 1.29 is 14.0 Å². The normalized spacial score (nSPS) is 14.9. The number of aromatic nitrogens is 2. The average molecular weight is 267 g/mol. The Morgan fingerprint density at radius 3 is 3.06 bits per heavy atom. The lowest BCUT2D eigenvalue weighted by Crippen LogP contribution is -2.28. The molecule has 0 radical (unpaired) electrons. The molecule has 0 saturated heterocycles. The van der Waals surface area contributed by atoms with E-state index < -0.39 is 0 Å². The molecule has 1 aromatic rings. The number of nitrogens with zero attached hydrogens (tertiary/aromatic N) is 2. The number of amides is 1. The van der Waals surface area contributed by atoms with Crippen LogP contribution in [0.15, 0.2) is 33.5 Å². The van der Waals surface area contributed by atoms with Crippen LogP contribution in [0.1, 0.15) is 12.8 Å². The molecule has 1 aliphatic carbocycles. The molecule has 0 atom stereocenters. The largest absolute Gasteiger partial charge is 0.402 e. The summed E-state index contributed by atoms with van der Waals surface area (Å²) in [4.78, 5) is 12.8. The molecule has 2 rings (SSSR count). The van der Waals surface area contributed by atoms with E-state index in [1.165, 1.54) is 21.3 Å². The van der Waals surface area contributed by atoms with Gasteiger partial charge in [0.1, 0.15) is 0 Å². The Morgan fingerprint density at radius 2 is 2.44 bits per heavy atom. The predicted octanol–water partition coefficient (Wildman–Crippen LogP) is 0.691. The van der Waals surface area contributed by atoms with Crippen molar-refractivity contribution in [3.8, 4) is 0 Å². The van der Waals surface area contributed by atoms with Gasteiger partial charge in [-0.2, -0.15) is 0 Å². The number of carbonyl (C=O) groups excluding carboxylic acids is 1. The zero-order valence-electron chi connectivity index (χ0n) is 10.0. The number of hydrogen-bond donors (Lipinski definition) is 2. The molecule has 1 aliphatic rings. The molecule has 0 spiro atoms. The minimum absolute atomic E-state index is 0.111. The average Bonchev–Trinajstić information content (AvgIpc) is 2.74. The van der Waals surface area contributed by atoms with E-state index in [0.717, 1.165) is 18.5 Å². The van der Waals surface area contributed by atoms with Gasteiger partial charge >= 0.3 is 5.88 Å². The summed E-state index contributed by atoms with van der Waals surface area (Å²) in [7, 11) is 1.72. The van der Waals surface area contributed by atoms with Crippen LogP contribution < -0.4 is 15.7 Å². The van der Waals surface area contributed by atoms with Gasteiger partial charge in [-0.05, 0) is 23.8 Å². The fourth-order valence-electron chi connectivity index (χ4n) is 1.47. The number of allylic oxidation sites excluding steroid dienone is 4. The Hall–Kier alpha value is -1.76. The zero-order chi connectivity index (χ0) is 13.0. The number of aryl methyl sites for hydroxylation is 1. The quantitative estimate of drug-likeness (QED) is 0.784. The molecule has 1 amide bonds. The van der Waals surface area contributed by atoms with E-state index in [4.69, 9.17) is 10.3 Å². The minimum atomic E-state index is -0.111. The monoisotopic (exact) mass is 267 g/mol. The number of hydrogen-bond acceptors (Lipinski definition) is 5. The molecule has 0 bridgehead atoms. The van der Waals surface area contributed by atoms with E-state index in [0.29, 0.717) is 11.6 Å². The van der Waals surface area contributed by atoms with Gasteiger partial charge in [-0.3, -0.25) is 14.6 Å². The first-order chi connectivity index (χ1) is 8.63. The molecule has 3 N–H and O–H groups in total. The summed E-state index contributed by atoms with van der Waals surface area (Å²) in [6, 6.07) is 0. The summed E-state index contributed by atoms with van der Waals surface area (Å²) in [6.45, 7) is 0. The molecule has 7 heteroatoms. The third kappa shape index (κ3) is 3.63. The molecule has 6 nitrogen and oxygen atoms in total. The number of carbonyl (C=O) groups is 1. The van der Waals surface area contributed by atoms with Crippen LogP contribution in [0.5, 0.6) is 0 Å². The van der Waals surface area contributed by atoms with Crippen LogP contribution >= 0.6 is 11.8 Å². The zero-order valence-corrected chi connectivity index (χ0v) is 10.9. The van der Waals surface area contributed by atoms with E-state index in [9.17, 15) is 4.79 Å². The maximum Gasteiger partial charge on any atom is 0.302 e. The SMILES string of the molecule is C[n+]1cc(NC(=O)CSC2=CC=C(N)CC2)on1. The van der Waals surface area contributed by atoms with Crippen LogP contribution in [0.3, 0.4) is 0 Å². The molecule has 0 aliphatic heterocycles. The smallest absolute Gasteiger partial charge is 0.302 e. The van der Waals surface area contributed by atoms with Gasteiger partial charge in [0.25, 0.3) is 6.20 Å². The lowest BCUT2D eigenvalue weighted by atomic mass is 10.1. The third-order valence-corrected chi connectivity index (χ3v) is 3.48. The van der Waals surface area contributed by atoms with Crippen LogP contribution in [-0.4, -0.2) is 16.9 Å². The summed E-state index contributed by atoms with van der Waals surface area (Å²) in [6.07, 6.45) is 7.22. The molecule has 1 heterocycles. The Labute approximate surface area is 109 Å². The fraction of sp³-hybridized carbons (Fsp3) is 0.364. The van der Waals surface area contributed by atoms with Crippen molar-refractivity contribution >= 4 is 23.6 Å². The lowest BCUT2D eigenvalue weighted by molar-refractivity contribution is -0.739. The van der Waals surface area contributed by atoms with Crippen molar-refractivity contribution in [1.29, 1.82) is 0 Å². The second-order valence-corrected chi connectivity index (χ2v) is 5.05. The van der Waals surface area contributed by atoms with Crippen LogP contribution in [-0.2, 0) is 11.8 Å². The molecule has 0 aromatic carbocycles. The molecular weight excluding hydrogens is 252 g/mol. The second-order valence-electron chi connectivity index (χ2n) is 3.95. The molecule has 1 aromatic heterocycles. The van der Waals surface area contributed by atoms with Gasteiger partial charge < -0.3 is 5.73 Å². The van der Waals surface area contributed by atoms with Crippen molar-refractivity contribution in [2.45, 2.75) is 12.8 Å². The maximum absolute atomic E-state index is 11.6. The molecule has 0 unspecified atom stereocenters. The number of rotatable bonds is 4. The Bertz CT molecular complexity index is 507. The van der Waals surface area contributed by atoms with E-state index in [1.807, 2.05) is 12.2 Å². The molecule has 0 saturated carbocycles. The number of anilines is 1. The van der Waals surface area contributed by atoms with Gasteiger partial charge in [0, 0.05) is 5.70 Å². The summed E-state index contributed by atoms with van der Waals surface area (Å²) in [5.74, 6) is 0.592. The van der Waals surface area contributed by atoms with Crippen LogP contribution in [0, 0.1) is 0 Å². The van der Waals surface area contributed by atoms with Crippen LogP contribution in [0.25, 0.3) is 0 Å². The van der Waals surface area contributed by atoms with Crippen molar-refractivity contribution in [2.75, 3.05) is 11.1 Å². The second kappa shape index (κ2) is 5.72. The Balaban J connectivity index is 1.78. The van der Waals surface area contributed by atoms with Gasteiger partial charge in [0.15, 0.2) is 12.3 Å². The first kappa shape index (κ1) is 12.7. The van der Waals surface area contributed by atoms with E-state index in [-0.39, 0.29) is 5.91 Å². The highest BCUT2D eigenvalue weighted by molar-refractivity contribution is 8.03. The minimum Gasteiger partial charge on any atom is -0.402 e. The highest BCUT2D eigenvalue weighted by atomic mass is 32.2. The molecule has 18 heavy (non-hydrogen) atoms. The van der Waals surface area contributed by atoms with Crippen molar-refractivity contribution in [3.63, 3.8) is 0 Å². The van der Waals surface area contributed by atoms with E-state index in [1.54, 1.807) is 13.2 Å². The standard InChI is InChI=1S/C11H14N4O2S/c1-15-6-11(17-14-15)13-10(16)7-18-9-4-2-8(12)3-5-9/h2,4,6H,3,5,7,12H2,1H3/p+1. The van der Waals surface area contributed by atoms with E-state index in [2.05, 4.69) is 10.6 Å². The number of nitrogens with two attached hydrogens (primary N) is 1. The van der Waals surface area contributed by atoms with Gasteiger partial charge in [-0.15, -0.1) is 11.8 Å². The van der Waals surface area contributed by atoms with Crippen LogP contribution in [0.4, 0.5) is 5.88 Å². The first-order valence-corrected chi connectivity index (χ1v) is 6.52. The summed E-state index contributed by atoms with van der Waals surface area (Å²) >= 11 is 1.51. The van der Waals surface area contributed by atoms with Crippen molar-refractivity contribution in [1.82, 2.24) is 5.27 Å². The maximum atomic E-state index is 11.6. The Morgan fingerprint density at radius 1 is 1.61 bits per heavy atom. The summed E-state index contributed by atoms with van der Waals surface area (Å²) < 4.78 is 6.36. The van der Waals surface area contributed by atoms with Crippen molar-refractivity contribution in [3.05, 3.63) is 29.0 Å². The van der Waals surface area contributed by atoms with Crippen molar-refractivity contribution in [2.24, 2.45) is 12.8 Å². The van der Waals surface area contributed by atoms with Gasteiger partial charge in [0.2, 0.25) is 5.91 Å². The van der Waals surface area contributed by atoms with Gasteiger partial charge in [-0.25, -0.2) is 0 Å². The highest BCUT2D eigenvalue weighted by Crippen LogP contribution is 2.25. The van der Waals surface area contributed by atoms with Crippen LogP contribution in [0.2, 0.25) is 0 Å². The molecule has 96 valence electrons. The molecular formula is C11H15N4O2S+. The number of nitrogens with one attached hydrogen (secondary N) is 1. The first-order valence-electron chi connectivity index (χ1n) is 5.54. The highest BCUT2D eigenvalue weighted by Gasteiger charge is 2.12. The fourth-order valence-corrected chi connectivity index (χ4v) is 2.27. The molecule has 0 fully saturated rings. The van der Waals surface area contributed by atoms with Gasteiger partial charge in [0.05, 0.1) is 5.75 Å². The number of thioether (sulfide) groups is 1. The topological polar surface area (TPSA) is 85.0 Å². The van der Waals surface area contributed by atoms with Gasteiger partial charge in [-0.1, -0.05) is 10.8 Å². The van der Waals surface area contributed by atoms with E-state index >= 15 is 0 Å².